The molecule has 1 saturated carbocycles. The zero-order valence-corrected chi connectivity index (χ0v) is 23.9. The van der Waals surface area contributed by atoms with Crippen LogP contribution < -0.4 is 10.1 Å². The topological polar surface area (TPSA) is 101 Å². The van der Waals surface area contributed by atoms with Gasteiger partial charge in [0.25, 0.3) is 5.91 Å². The van der Waals surface area contributed by atoms with Crippen LogP contribution in [0.3, 0.4) is 0 Å². The highest BCUT2D eigenvalue weighted by Gasteiger charge is 2.39. The van der Waals surface area contributed by atoms with Crippen molar-refractivity contribution in [1.29, 1.82) is 0 Å². The van der Waals surface area contributed by atoms with Crippen LogP contribution in [0.2, 0.25) is 0 Å². The highest BCUT2D eigenvalue weighted by Crippen LogP contribution is 2.36. The minimum absolute atomic E-state index is 0.0659. The lowest BCUT2D eigenvalue weighted by Gasteiger charge is -2.29. The molecule has 7 rings (SSSR count). The summed E-state index contributed by atoms with van der Waals surface area (Å²) in [6.45, 7) is 2.98. The van der Waals surface area contributed by atoms with E-state index in [0.29, 0.717) is 24.4 Å². The molecule has 4 heterocycles. The summed E-state index contributed by atoms with van der Waals surface area (Å²) in [6.07, 6.45) is 5.30. The van der Waals surface area contributed by atoms with E-state index < -0.39 is 11.9 Å². The summed E-state index contributed by atoms with van der Waals surface area (Å²) < 4.78 is 12.0. The minimum atomic E-state index is -0.612. The van der Waals surface area contributed by atoms with Gasteiger partial charge in [0.2, 0.25) is 11.8 Å². The number of aromatic nitrogens is 1. The largest absolute Gasteiger partial charge is 0.489 e. The lowest BCUT2D eigenvalue weighted by atomic mass is 9.99. The first-order valence-electron chi connectivity index (χ1n) is 15.0. The Morgan fingerprint density at radius 2 is 1.90 bits per heavy atom. The third kappa shape index (κ3) is 5.16. The molecule has 9 heteroatoms. The van der Waals surface area contributed by atoms with Crippen molar-refractivity contribution in [3.8, 4) is 5.75 Å². The number of fused-ring (bicyclic) bond motifs is 2. The van der Waals surface area contributed by atoms with E-state index in [4.69, 9.17) is 14.5 Å². The van der Waals surface area contributed by atoms with Gasteiger partial charge in [0.15, 0.2) is 0 Å². The van der Waals surface area contributed by atoms with Crippen molar-refractivity contribution in [2.45, 2.75) is 75.8 Å². The van der Waals surface area contributed by atoms with E-state index in [9.17, 15) is 14.4 Å². The van der Waals surface area contributed by atoms with Gasteiger partial charge >= 0.3 is 0 Å². The SMILES string of the molecule is CO[C@H]1CCC[C@@H]1c1ccc2cc(CN3CC[C@H](Oc4ccc5c(c4)CN(C4CCC(=O)NC4=O)C5=O)C3)ccc2n1. The monoisotopic (exact) mass is 568 g/mol. The smallest absolute Gasteiger partial charge is 0.255 e. The average molecular weight is 569 g/mol. The second-order valence-corrected chi connectivity index (χ2v) is 12.1. The molecule has 1 unspecified atom stereocenters. The highest BCUT2D eigenvalue weighted by molar-refractivity contribution is 6.05. The number of nitrogens with zero attached hydrogens (tertiary/aromatic N) is 3. The zero-order chi connectivity index (χ0) is 28.8. The molecule has 3 aliphatic heterocycles. The summed E-state index contributed by atoms with van der Waals surface area (Å²) in [5.41, 5.74) is 4.89. The second-order valence-electron chi connectivity index (χ2n) is 12.1. The van der Waals surface area contributed by atoms with Gasteiger partial charge in [-0.15, -0.1) is 0 Å². The van der Waals surface area contributed by atoms with Crippen molar-refractivity contribution in [1.82, 2.24) is 20.1 Å². The lowest BCUT2D eigenvalue weighted by Crippen LogP contribution is -2.52. The first-order chi connectivity index (χ1) is 20.4. The highest BCUT2D eigenvalue weighted by atomic mass is 16.5. The molecule has 0 bridgehead atoms. The summed E-state index contributed by atoms with van der Waals surface area (Å²) in [5, 5.41) is 3.51. The molecule has 9 nitrogen and oxygen atoms in total. The first kappa shape index (κ1) is 27.0. The van der Waals surface area contributed by atoms with E-state index in [-0.39, 0.29) is 30.4 Å². The molecule has 1 aliphatic carbocycles. The number of imide groups is 1. The molecule has 3 fully saturated rings. The van der Waals surface area contributed by atoms with Crippen molar-refractivity contribution in [3.63, 3.8) is 0 Å². The van der Waals surface area contributed by atoms with Gasteiger partial charge in [0.05, 0.1) is 11.6 Å². The van der Waals surface area contributed by atoms with E-state index in [1.807, 2.05) is 12.1 Å². The fraction of sp³-hybridized carbons (Fsp3) is 0.455. The van der Waals surface area contributed by atoms with Crippen molar-refractivity contribution < 1.29 is 23.9 Å². The Labute approximate surface area is 245 Å². The fourth-order valence-electron chi connectivity index (χ4n) is 7.15. The van der Waals surface area contributed by atoms with Crippen LogP contribution in [-0.4, -0.2) is 71.0 Å². The van der Waals surface area contributed by atoms with Crippen LogP contribution in [0.25, 0.3) is 10.9 Å². The second kappa shape index (κ2) is 11.1. The number of ether oxygens (including phenoxy) is 2. The van der Waals surface area contributed by atoms with Gasteiger partial charge in [-0.25, -0.2) is 0 Å². The molecule has 42 heavy (non-hydrogen) atoms. The third-order valence-electron chi connectivity index (χ3n) is 9.34. The zero-order valence-electron chi connectivity index (χ0n) is 23.9. The molecule has 1 N–H and O–H groups in total. The van der Waals surface area contributed by atoms with E-state index in [1.54, 1.807) is 18.1 Å². The Morgan fingerprint density at radius 1 is 1.00 bits per heavy atom. The summed E-state index contributed by atoms with van der Waals surface area (Å²) in [7, 11) is 1.80. The lowest BCUT2D eigenvalue weighted by molar-refractivity contribution is -0.136. The number of pyridine rings is 1. The van der Waals surface area contributed by atoms with Gasteiger partial charge in [0.1, 0.15) is 17.9 Å². The van der Waals surface area contributed by atoms with Gasteiger partial charge < -0.3 is 14.4 Å². The summed E-state index contributed by atoms with van der Waals surface area (Å²) in [6, 6.07) is 15.9. The van der Waals surface area contributed by atoms with E-state index >= 15 is 0 Å². The van der Waals surface area contributed by atoms with Gasteiger partial charge in [-0.05, 0) is 73.2 Å². The van der Waals surface area contributed by atoms with Crippen molar-refractivity contribution >= 4 is 28.6 Å². The molecule has 0 radical (unpaired) electrons. The predicted molar refractivity (Wildman–Crippen MR) is 156 cm³/mol. The van der Waals surface area contributed by atoms with Crippen LogP contribution in [0.1, 0.15) is 71.6 Å². The van der Waals surface area contributed by atoms with Crippen molar-refractivity contribution in [3.05, 3.63) is 70.9 Å². The quantitative estimate of drug-likeness (QED) is 0.431. The Kier molecular flexibility index (Phi) is 7.15. The summed E-state index contributed by atoms with van der Waals surface area (Å²) in [4.78, 5) is 45.8. The summed E-state index contributed by atoms with van der Waals surface area (Å²) >= 11 is 0. The molecule has 4 aliphatic rings. The standard InChI is InChI=1S/C33H36N4O5/c1-41-30-4-2-3-26(30)28-10-6-21-15-20(5-9-27(21)34-28)17-36-14-13-24(19-36)42-23-7-8-25-22(16-23)18-37(33(25)40)29-11-12-31(38)35-32(29)39/h5-10,15-16,24,26,29-30H,2-4,11-14,17-19H2,1H3,(H,35,38,39)/t24-,26+,29?,30-/m0/s1. The molecule has 1 aromatic heterocycles. The van der Waals surface area contributed by atoms with Crippen molar-refractivity contribution in [2.75, 3.05) is 20.2 Å². The Hall–Kier alpha value is -3.82. The van der Waals surface area contributed by atoms with Crippen LogP contribution in [0, 0.1) is 0 Å². The third-order valence-corrected chi connectivity index (χ3v) is 9.34. The Balaban J connectivity index is 0.962. The molecule has 0 spiro atoms. The minimum Gasteiger partial charge on any atom is -0.489 e. The molecular weight excluding hydrogens is 532 g/mol. The van der Waals surface area contributed by atoms with Crippen LogP contribution in [0.15, 0.2) is 48.5 Å². The maximum atomic E-state index is 13.0. The number of carbonyl (C=O) groups is 3. The fourth-order valence-corrected chi connectivity index (χ4v) is 7.15. The van der Waals surface area contributed by atoms with Gasteiger partial charge in [-0.3, -0.25) is 29.6 Å². The van der Waals surface area contributed by atoms with Crippen LogP contribution in [0.4, 0.5) is 0 Å². The molecule has 3 aromatic rings. The number of rotatable bonds is 7. The Morgan fingerprint density at radius 3 is 2.76 bits per heavy atom. The number of carbonyl (C=O) groups excluding carboxylic acids is 3. The Bertz CT molecular complexity index is 1560. The number of piperidine rings is 1. The maximum absolute atomic E-state index is 13.0. The van der Waals surface area contributed by atoms with E-state index in [0.717, 1.165) is 66.8 Å². The van der Waals surface area contributed by atoms with E-state index in [2.05, 4.69) is 40.5 Å². The number of nitrogens with one attached hydrogen (secondary N) is 1. The maximum Gasteiger partial charge on any atom is 0.255 e. The number of benzene rings is 2. The number of likely N-dealkylation sites (tertiary alicyclic amines) is 1. The molecular formula is C33H36N4O5. The van der Waals surface area contributed by atoms with Gasteiger partial charge in [0, 0.05) is 62.3 Å². The van der Waals surface area contributed by atoms with Crippen LogP contribution >= 0.6 is 0 Å². The normalized spacial score (nSPS) is 26.2. The number of hydrogen-bond donors (Lipinski definition) is 1. The predicted octanol–water partition coefficient (Wildman–Crippen LogP) is 3.93. The van der Waals surface area contributed by atoms with Gasteiger partial charge in [-0.1, -0.05) is 18.6 Å². The molecule has 3 amide bonds. The number of methoxy groups -OCH3 is 1. The molecule has 2 aromatic carbocycles. The molecule has 2 saturated heterocycles. The van der Waals surface area contributed by atoms with Crippen LogP contribution in [-0.2, 0) is 27.4 Å². The first-order valence-corrected chi connectivity index (χ1v) is 15.0. The summed E-state index contributed by atoms with van der Waals surface area (Å²) in [5.74, 6) is 0.276. The van der Waals surface area contributed by atoms with Crippen LogP contribution in [0.5, 0.6) is 5.75 Å². The molecule has 218 valence electrons. The van der Waals surface area contributed by atoms with E-state index in [1.165, 1.54) is 12.0 Å². The molecule has 4 atom stereocenters. The average Bonchev–Trinajstić information content (AvgIpc) is 3.72. The number of hydrogen-bond acceptors (Lipinski definition) is 7. The van der Waals surface area contributed by atoms with Crippen molar-refractivity contribution in [2.24, 2.45) is 0 Å². The number of amides is 3. The van der Waals surface area contributed by atoms with Gasteiger partial charge in [-0.2, -0.15) is 0 Å².